The fourth-order valence-electron chi connectivity index (χ4n) is 1.78. The van der Waals surface area contributed by atoms with E-state index >= 15 is 0 Å². The highest BCUT2D eigenvalue weighted by Crippen LogP contribution is 2.32. The Morgan fingerprint density at radius 2 is 2.27 bits per heavy atom. The van der Waals surface area contributed by atoms with E-state index in [1.165, 1.54) is 6.42 Å². The zero-order chi connectivity index (χ0) is 8.27. The predicted octanol–water partition coefficient (Wildman–Crippen LogP) is 0.708. The maximum absolute atomic E-state index is 9.54. The summed E-state index contributed by atoms with van der Waals surface area (Å²) >= 11 is 1.79. The molecule has 0 aliphatic heterocycles. The quantitative estimate of drug-likeness (QED) is 0.662. The number of nitrogens with one attached hydrogen (secondary N) is 1. The highest BCUT2D eigenvalue weighted by molar-refractivity contribution is 7.99. The minimum Gasteiger partial charge on any atom is -0.392 e. The lowest BCUT2D eigenvalue weighted by Crippen LogP contribution is -2.16. The molecule has 0 spiro atoms. The number of rotatable bonds is 3. The van der Waals surface area contributed by atoms with Gasteiger partial charge in [0.2, 0.25) is 0 Å². The van der Waals surface area contributed by atoms with Crippen LogP contribution in [0.4, 0.5) is 0 Å². The third-order valence-electron chi connectivity index (χ3n) is 2.37. The average molecular weight is 175 g/mol. The van der Waals surface area contributed by atoms with Gasteiger partial charge >= 0.3 is 0 Å². The molecule has 0 saturated heterocycles. The van der Waals surface area contributed by atoms with E-state index in [2.05, 4.69) is 11.6 Å². The molecule has 66 valence electrons. The van der Waals surface area contributed by atoms with E-state index in [0.717, 1.165) is 13.0 Å². The Morgan fingerprint density at radius 1 is 1.55 bits per heavy atom. The lowest BCUT2D eigenvalue weighted by molar-refractivity contribution is 0.182. The van der Waals surface area contributed by atoms with Gasteiger partial charge in [-0.15, -0.1) is 0 Å². The number of thioether (sulfide) groups is 1. The van der Waals surface area contributed by atoms with Crippen molar-refractivity contribution in [3.8, 4) is 0 Å². The van der Waals surface area contributed by atoms with E-state index in [0.29, 0.717) is 11.2 Å². The second-order valence-corrected chi connectivity index (χ2v) is 4.31. The van der Waals surface area contributed by atoms with Crippen molar-refractivity contribution in [1.29, 1.82) is 0 Å². The monoisotopic (exact) mass is 175 g/mol. The summed E-state index contributed by atoms with van der Waals surface area (Å²) in [5.41, 5.74) is 0. The molecule has 3 heteroatoms. The lowest BCUT2D eigenvalue weighted by atomic mass is 10.1. The second-order valence-electron chi connectivity index (χ2n) is 3.24. The summed E-state index contributed by atoms with van der Waals surface area (Å²) < 4.78 is 0. The van der Waals surface area contributed by atoms with Gasteiger partial charge in [0.15, 0.2) is 0 Å². The lowest BCUT2D eigenvalue weighted by Gasteiger charge is -2.09. The van der Waals surface area contributed by atoms with Crippen molar-refractivity contribution in [2.24, 2.45) is 5.92 Å². The smallest absolute Gasteiger partial charge is 0.0661 e. The van der Waals surface area contributed by atoms with Crippen LogP contribution < -0.4 is 5.32 Å². The van der Waals surface area contributed by atoms with Gasteiger partial charge < -0.3 is 10.4 Å². The van der Waals surface area contributed by atoms with Crippen LogP contribution in [0.3, 0.4) is 0 Å². The molecule has 0 bridgehead atoms. The van der Waals surface area contributed by atoms with Crippen LogP contribution in [0.15, 0.2) is 0 Å². The van der Waals surface area contributed by atoms with Crippen LogP contribution in [0, 0.1) is 5.92 Å². The third-order valence-corrected chi connectivity index (χ3v) is 3.48. The molecule has 3 atom stereocenters. The normalized spacial score (nSPS) is 37.9. The van der Waals surface area contributed by atoms with Crippen LogP contribution in [0.25, 0.3) is 0 Å². The van der Waals surface area contributed by atoms with Gasteiger partial charge in [-0.25, -0.2) is 0 Å². The Labute approximate surface area is 72.8 Å². The molecule has 2 nitrogen and oxygen atoms in total. The Balaban J connectivity index is 2.30. The maximum Gasteiger partial charge on any atom is 0.0661 e. The highest BCUT2D eigenvalue weighted by Gasteiger charge is 2.31. The molecule has 11 heavy (non-hydrogen) atoms. The van der Waals surface area contributed by atoms with Gasteiger partial charge in [-0.2, -0.15) is 11.8 Å². The fourth-order valence-corrected chi connectivity index (χ4v) is 2.67. The summed E-state index contributed by atoms with van der Waals surface area (Å²) in [6, 6.07) is 0. The van der Waals surface area contributed by atoms with Crippen LogP contribution in [0.1, 0.15) is 12.8 Å². The van der Waals surface area contributed by atoms with Crippen LogP contribution in [-0.2, 0) is 0 Å². The summed E-state index contributed by atoms with van der Waals surface area (Å²) in [4.78, 5) is 0. The van der Waals surface area contributed by atoms with Gasteiger partial charge in [-0.1, -0.05) is 0 Å². The largest absolute Gasteiger partial charge is 0.392 e. The first-order chi connectivity index (χ1) is 5.27. The molecule has 1 aliphatic carbocycles. The number of aliphatic hydroxyl groups is 1. The molecule has 1 aliphatic rings. The molecule has 1 rings (SSSR count). The fraction of sp³-hybridized carbons (Fsp3) is 1.00. The highest BCUT2D eigenvalue weighted by atomic mass is 32.2. The molecular weight excluding hydrogens is 158 g/mol. The molecular formula is C8H17NOS. The van der Waals surface area contributed by atoms with E-state index in [1.54, 1.807) is 11.8 Å². The maximum atomic E-state index is 9.54. The Bertz CT molecular complexity index is 121. The van der Waals surface area contributed by atoms with Gasteiger partial charge in [0.25, 0.3) is 0 Å². The summed E-state index contributed by atoms with van der Waals surface area (Å²) in [7, 11) is 1.97. The zero-order valence-corrected chi connectivity index (χ0v) is 8.03. The molecule has 0 unspecified atom stereocenters. The zero-order valence-electron chi connectivity index (χ0n) is 7.21. The molecule has 0 heterocycles. The predicted molar refractivity (Wildman–Crippen MR) is 50.0 cm³/mol. The SMILES string of the molecule is CNC[C@@H]1C[C@@H](O)[C@H](SC)C1. The molecule has 0 amide bonds. The topological polar surface area (TPSA) is 32.3 Å². The van der Waals surface area contributed by atoms with E-state index in [1.807, 2.05) is 7.05 Å². The Kier molecular flexibility index (Phi) is 3.69. The summed E-state index contributed by atoms with van der Waals surface area (Å²) in [6.45, 7) is 1.05. The molecule has 0 aromatic rings. The Hall–Kier alpha value is 0.270. The van der Waals surface area contributed by atoms with Crippen LogP contribution >= 0.6 is 11.8 Å². The molecule has 2 N–H and O–H groups in total. The van der Waals surface area contributed by atoms with Gasteiger partial charge in [0, 0.05) is 5.25 Å². The van der Waals surface area contributed by atoms with Crippen molar-refractivity contribution in [3.05, 3.63) is 0 Å². The number of aliphatic hydroxyl groups excluding tert-OH is 1. The first-order valence-corrected chi connectivity index (χ1v) is 5.42. The number of hydrogen-bond acceptors (Lipinski definition) is 3. The van der Waals surface area contributed by atoms with Crippen molar-refractivity contribution in [2.45, 2.75) is 24.2 Å². The van der Waals surface area contributed by atoms with Crippen LogP contribution in [0.2, 0.25) is 0 Å². The standard InChI is InChI=1S/C8H17NOS/c1-9-5-6-3-7(10)8(4-6)11-2/h6-10H,3-5H2,1-2H3/t6-,7-,8-/m1/s1. The van der Waals surface area contributed by atoms with E-state index in [9.17, 15) is 5.11 Å². The van der Waals surface area contributed by atoms with Gasteiger partial charge in [0.1, 0.15) is 0 Å². The average Bonchev–Trinajstić information content (AvgIpc) is 2.32. The Morgan fingerprint density at radius 3 is 2.73 bits per heavy atom. The van der Waals surface area contributed by atoms with E-state index in [4.69, 9.17) is 0 Å². The minimum absolute atomic E-state index is 0.0663. The van der Waals surface area contributed by atoms with Crippen LogP contribution in [-0.4, -0.2) is 36.3 Å². The van der Waals surface area contributed by atoms with Gasteiger partial charge in [-0.05, 0) is 38.6 Å². The first kappa shape index (κ1) is 9.36. The number of hydrogen-bond donors (Lipinski definition) is 2. The molecule has 0 radical (unpaired) electrons. The van der Waals surface area contributed by atoms with Crippen LogP contribution in [0.5, 0.6) is 0 Å². The van der Waals surface area contributed by atoms with Gasteiger partial charge in [-0.3, -0.25) is 0 Å². The summed E-state index contributed by atoms with van der Waals surface area (Å²) in [5.74, 6) is 0.687. The van der Waals surface area contributed by atoms with E-state index in [-0.39, 0.29) is 6.10 Å². The van der Waals surface area contributed by atoms with Crippen molar-refractivity contribution in [3.63, 3.8) is 0 Å². The molecule has 1 fully saturated rings. The first-order valence-electron chi connectivity index (χ1n) is 4.13. The summed E-state index contributed by atoms with van der Waals surface area (Å²) in [5, 5.41) is 13.2. The second kappa shape index (κ2) is 4.33. The van der Waals surface area contributed by atoms with Crippen molar-refractivity contribution in [1.82, 2.24) is 5.32 Å². The summed E-state index contributed by atoms with van der Waals surface area (Å²) in [6.07, 6.45) is 4.16. The minimum atomic E-state index is -0.0663. The molecule has 0 aromatic carbocycles. The van der Waals surface area contributed by atoms with Crippen molar-refractivity contribution >= 4 is 11.8 Å². The van der Waals surface area contributed by atoms with Crippen molar-refractivity contribution < 1.29 is 5.11 Å². The molecule has 1 saturated carbocycles. The van der Waals surface area contributed by atoms with Gasteiger partial charge in [0.05, 0.1) is 6.10 Å². The third kappa shape index (κ3) is 2.36. The van der Waals surface area contributed by atoms with E-state index < -0.39 is 0 Å². The van der Waals surface area contributed by atoms with Crippen molar-refractivity contribution in [2.75, 3.05) is 19.8 Å². The molecule has 0 aromatic heterocycles.